The summed E-state index contributed by atoms with van der Waals surface area (Å²) in [6.45, 7) is 5.94. The van der Waals surface area contributed by atoms with Crippen molar-refractivity contribution >= 4 is 16.8 Å². The number of carbonyl (C=O) groups excluding carboxylic acids is 1. The van der Waals surface area contributed by atoms with Gasteiger partial charge >= 0.3 is 0 Å². The van der Waals surface area contributed by atoms with Crippen LogP contribution in [0.5, 0.6) is 0 Å². The molecular weight excluding hydrogens is 266 g/mol. The lowest BCUT2D eigenvalue weighted by molar-refractivity contribution is 0.0938. The molecule has 1 aromatic carbocycles. The SMILES string of the molecule is Cc1[nH]c2ccc(C(=O)NC(C)c3ncn[nH]3)cc2c1C. The van der Waals surface area contributed by atoms with E-state index in [1.165, 1.54) is 11.9 Å². The minimum atomic E-state index is -0.218. The van der Waals surface area contributed by atoms with Gasteiger partial charge in [0.1, 0.15) is 12.2 Å². The molecule has 3 rings (SSSR count). The van der Waals surface area contributed by atoms with Crippen LogP contribution in [-0.4, -0.2) is 26.1 Å². The number of benzene rings is 1. The zero-order valence-electron chi connectivity index (χ0n) is 12.2. The van der Waals surface area contributed by atoms with Gasteiger partial charge in [0.25, 0.3) is 5.91 Å². The number of carbonyl (C=O) groups is 1. The predicted molar refractivity (Wildman–Crippen MR) is 80.0 cm³/mol. The van der Waals surface area contributed by atoms with Crippen LogP contribution in [0.1, 0.15) is 40.4 Å². The zero-order chi connectivity index (χ0) is 15.0. The van der Waals surface area contributed by atoms with Crippen molar-refractivity contribution in [1.82, 2.24) is 25.5 Å². The highest BCUT2D eigenvalue weighted by Crippen LogP contribution is 2.22. The number of amides is 1. The number of aryl methyl sites for hydroxylation is 2. The number of fused-ring (bicyclic) bond motifs is 1. The Hall–Kier alpha value is -2.63. The molecule has 21 heavy (non-hydrogen) atoms. The van der Waals surface area contributed by atoms with Crippen molar-refractivity contribution < 1.29 is 4.79 Å². The first-order valence-electron chi connectivity index (χ1n) is 6.81. The van der Waals surface area contributed by atoms with Crippen LogP contribution in [0.3, 0.4) is 0 Å². The van der Waals surface area contributed by atoms with E-state index in [0.717, 1.165) is 16.6 Å². The number of hydrogen-bond donors (Lipinski definition) is 3. The molecule has 0 saturated carbocycles. The molecular formula is C15H17N5O. The molecule has 0 fully saturated rings. The first kappa shape index (κ1) is 13.4. The molecule has 0 spiro atoms. The Kier molecular flexibility index (Phi) is 3.21. The highest BCUT2D eigenvalue weighted by atomic mass is 16.1. The van der Waals surface area contributed by atoms with Crippen molar-refractivity contribution in [1.29, 1.82) is 0 Å². The highest BCUT2D eigenvalue weighted by Gasteiger charge is 2.14. The molecule has 1 amide bonds. The second kappa shape index (κ2) is 5.05. The molecule has 0 radical (unpaired) electrons. The Bertz CT molecular complexity index is 788. The second-order valence-electron chi connectivity index (χ2n) is 5.20. The molecule has 6 heteroatoms. The van der Waals surface area contributed by atoms with Gasteiger partial charge in [-0.15, -0.1) is 0 Å². The Morgan fingerprint density at radius 1 is 1.33 bits per heavy atom. The molecule has 0 aliphatic rings. The van der Waals surface area contributed by atoms with Gasteiger partial charge in [-0.05, 0) is 44.5 Å². The summed E-state index contributed by atoms with van der Waals surface area (Å²) in [5.41, 5.74) is 3.97. The van der Waals surface area contributed by atoms with E-state index in [1.807, 2.05) is 39.0 Å². The van der Waals surface area contributed by atoms with E-state index in [2.05, 4.69) is 25.5 Å². The summed E-state index contributed by atoms with van der Waals surface area (Å²) < 4.78 is 0. The van der Waals surface area contributed by atoms with Crippen molar-refractivity contribution in [2.75, 3.05) is 0 Å². The molecule has 108 valence electrons. The molecule has 3 aromatic rings. The van der Waals surface area contributed by atoms with Crippen molar-refractivity contribution in [3.8, 4) is 0 Å². The topological polar surface area (TPSA) is 86.5 Å². The Morgan fingerprint density at radius 3 is 2.86 bits per heavy atom. The molecule has 0 saturated heterocycles. The molecule has 1 atom stereocenters. The van der Waals surface area contributed by atoms with Crippen molar-refractivity contribution in [3.05, 3.63) is 47.2 Å². The average molecular weight is 283 g/mol. The fourth-order valence-corrected chi connectivity index (χ4v) is 2.37. The van der Waals surface area contributed by atoms with Gasteiger partial charge in [-0.1, -0.05) is 0 Å². The van der Waals surface area contributed by atoms with Crippen LogP contribution < -0.4 is 5.32 Å². The van der Waals surface area contributed by atoms with Gasteiger partial charge in [-0.25, -0.2) is 4.98 Å². The fourth-order valence-electron chi connectivity index (χ4n) is 2.37. The monoisotopic (exact) mass is 283 g/mol. The molecule has 2 aromatic heterocycles. The van der Waals surface area contributed by atoms with Crippen molar-refractivity contribution in [2.45, 2.75) is 26.8 Å². The van der Waals surface area contributed by atoms with E-state index < -0.39 is 0 Å². The van der Waals surface area contributed by atoms with Crippen LogP contribution in [0.25, 0.3) is 10.9 Å². The molecule has 3 N–H and O–H groups in total. The zero-order valence-corrected chi connectivity index (χ0v) is 12.2. The number of aromatic nitrogens is 4. The minimum Gasteiger partial charge on any atom is -0.358 e. The van der Waals surface area contributed by atoms with Crippen LogP contribution in [0, 0.1) is 13.8 Å². The van der Waals surface area contributed by atoms with Gasteiger partial charge in [0.05, 0.1) is 6.04 Å². The average Bonchev–Trinajstić information content (AvgIpc) is 3.08. The highest BCUT2D eigenvalue weighted by molar-refractivity contribution is 5.99. The smallest absolute Gasteiger partial charge is 0.251 e. The standard InChI is InChI=1S/C15H17N5O/c1-8-9(2)18-13-5-4-11(6-12(8)13)15(21)19-10(3)14-16-7-17-20-14/h4-7,10,18H,1-3H3,(H,19,21)(H,16,17,20). The third-order valence-corrected chi connectivity index (χ3v) is 3.76. The molecule has 0 aliphatic heterocycles. The summed E-state index contributed by atoms with van der Waals surface area (Å²) in [6, 6.07) is 5.45. The minimum absolute atomic E-state index is 0.126. The van der Waals surface area contributed by atoms with Crippen molar-refractivity contribution in [2.24, 2.45) is 0 Å². The van der Waals surface area contributed by atoms with Crippen LogP contribution in [0.2, 0.25) is 0 Å². The third kappa shape index (κ3) is 2.40. The summed E-state index contributed by atoms with van der Waals surface area (Å²) in [4.78, 5) is 19.7. The van der Waals surface area contributed by atoms with E-state index in [1.54, 1.807) is 0 Å². The van der Waals surface area contributed by atoms with Crippen LogP contribution >= 0.6 is 0 Å². The normalized spacial score (nSPS) is 12.5. The summed E-state index contributed by atoms with van der Waals surface area (Å²) in [7, 11) is 0. The molecule has 6 nitrogen and oxygen atoms in total. The van der Waals surface area contributed by atoms with Gasteiger partial charge in [0.15, 0.2) is 0 Å². The lowest BCUT2D eigenvalue weighted by atomic mass is 10.1. The number of rotatable bonds is 3. The predicted octanol–water partition coefficient (Wildman–Crippen LogP) is 2.39. The number of aromatic amines is 2. The maximum absolute atomic E-state index is 12.3. The van der Waals surface area contributed by atoms with E-state index in [4.69, 9.17) is 0 Å². The summed E-state index contributed by atoms with van der Waals surface area (Å²) in [5.74, 6) is 0.511. The van der Waals surface area contributed by atoms with Crippen molar-refractivity contribution in [3.63, 3.8) is 0 Å². The van der Waals surface area contributed by atoms with Gasteiger partial charge in [-0.3, -0.25) is 9.89 Å². The second-order valence-corrected chi connectivity index (χ2v) is 5.20. The van der Waals surface area contributed by atoms with E-state index >= 15 is 0 Å². The van der Waals surface area contributed by atoms with Crippen LogP contribution in [0.4, 0.5) is 0 Å². The lowest BCUT2D eigenvalue weighted by Gasteiger charge is -2.11. The Labute approximate surface area is 122 Å². The molecule has 2 heterocycles. The molecule has 0 aliphatic carbocycles. The van der Waals surface area contributed by atoms with Crippen LogP contribution in [0.15, 0.2) is 24.5 Å². The quantitative estimate of drug-likeness (QED) is 0.689. The van der Waals surface area contributed by atoms with Gasteiger partial charge in [0.2, 0.25) is 0 Å². The summed E-state index contributed by atoms with van der Waals surface area (Å²) in [6.07, 6.45) is 1.43. The fraction of sp³-hybridized carbons (Fsp3) is 0.267. The van der Waals surface area contributed by atoms with E-state index in [-0.39, 0.29) is 11.9 Å². The van der Waals surface area contributed by atoms with Crippen LogP contribution in [-0.2, 0) is 0 Å². The Balaban J connectivity index is 1.86. The Morgan fingerprint density at radius 2 is 2.14 bits per heavy atom. The van der Waals surface area contributed by atoms with Gasteiger partial charge in [0, 0.05) is 22.2 Å². The maximum Gasteiger partial charge on any atom is 0.251 e. The lowest BCUT2D eigenvalue weighted by Crippen LogP contribution is -2.27. The molecule has 1 unspecified atom stereocenters. The molecule has 0 bridgehead atoms. The summed E-state index contributed by atoms with van der Waals surface area (Å²) >= 11 is 0. The van der Waals surface area contributed by atoms with Gasteiger partial charge < -0.3 is 10.3 Å². The van der Waals surface area contributed by atoms with E-state index in [0.29, 0.717) is 11.4 Å². The number of nitrogens with one attached hydrogen (secondary N) is 3. The largest absolute Gasteiger partial charge is 0.358 e. The third-order valence-electron chi connectivity index (χ3n) is 3.76. The van der Waals surface area contributed by atoms with E-state index in [9.17, 15) is 4.79 Å². The maximum atomic E-state index is 12.3. The number of nitrogens with zero attached hydrogens (tertiary/aromatic N) is 2. The van der Waals surface area contributed by atoms with Gasteiger partial charge in [-0.2, -0.15) is 5.10 Å². The number of hydrogen-bond acceptors (Lipinski definition) is 3. The summed E-state index contributed by atoms with van der Waals surface area (Å²) in [5, 5.41) is 10.5. The first-order valence-corrected chi connectivity index (χ1v) is 6.81. The first-order chi connectivity index (χ1) is 10.1. The number of H-pyrrole nitrogens is 2.